The number of imide groups is 2. The van der Waals surface area contributed by atoms with E-state index in [0.717, 1.165) is 20.1 Å². The number of amides is 4. The largest absolute Gasteiger partial charge is 0.488 e. The molecule has 1 aliphatic rings. The topological polar surface area (TPSA) is 75.7 Å². The number of ether oxygens (including phenoxy) is 1. The van der Waals surface area contributed by atoms with Gasteiger partial charge in [-0.1, -0.05) is 58.4 Å². The lowest BCUT2D eigenvalue weighted by atomic mass is 9.99. The van der Waals surface area contributed by atoms with Gasteiger partial charge >= 0.3 is 6.03 Å². The van der Waals surface area contributed by atoms with Crippen molar-refractivity contribution in [2.45, 2.75) is 13.5 Å². The zero-order chi connectivity index (χ0) is 26.1. The van der Waals surface area contributed by atoms with Crippen LogP contribution in [0.25, 0.3) is 16.8 Å². The molecule has 184 valence electrons. The number of hydrogen-bond acceptors (Lipinski definition) is 4. The SMILES string of the molecule is Cc1cc(Br)ccc1N1C(=O)NC(=O)/C(=C/c2c(OCc3cccc(F)c3)ccc3ccccc23)C1=O. The number of urea groups is 1. The molecular formula is C29H20BrFN2O4. The fourth-order valence-electron chi connectivity index (χ4n) is 4.23. The predicted octanol–water partition coefficient (Wildman–Crippen LogP) is 6.30. The number of nitrogens with zero attached hydrogens (tertiary/aromatic N) is 1. The summed E-state index contributed by atoms with van der Waals surface area (Å²) in [6.45, 7) is 1.85. The number of anilines is 1. The fraction of sp³-hybridized carbons (Fsp3) is 0.0690. The van der Waals surface area contributed by atoms with Crippen molar-refractivity contribution in [3.8, 4) is 5.75 Å². The van der Waals surface area contributed by atoms with Gasteiger partial charge < -0.3 is 4.74 Å². The van der Waals surface area contributed by atoms with Crippen molar-refractivity contribution < 1.29 is 23.5 Å². The quantitative estimate of drug-likeness (QED) is 0.230. The van der Waals surface area contributed by atoms with Crippen molar-refractivity contribution in [1.82, 2.24) is 5.32 Å². The van der Waals surface area contributed by atoms with Gasteiger partial charge in [-0.15, -0.1) is 0 Å². The van der Waals surface area contributed by atoms with E-state index in [1.807, 2.05) is 30.3 Å². The first-order valence-electron chi connectivity index (χ1n) is 11.4. The molecule has 0 spiro atoms. The minimum Gasteiger partial charge on any atom is -0.488 e. The summed E-state index contributed by atoms with van der Waals surface area (Å²) in [6, 6.07) is 21.4. The highest BCUT2D eigenvalue weighted by molar-refractivity contribution is 9.10. The first-order valence-corrected chi connectivity index (χ1v) is 12.2. The molecule has 0 aliphatic carbocycles. The van der Waals surface area contributed by atoms with Gasteiger partial charge in [-0.25, -0.2) is 14.1 Å². The van der Waals surface area contributed by atoms with E-state index in [1.165, 1.54) is 18.2 Å². The Morgan fingerprint density at radius 3 is 2.57 bits per heavy atom. The Balaban J connectivity index is 1.59. The predicted molar refractivity (Wildman–Crippen MR) is 143 cm³/mol. The molecule has 4 aromatic carbocycles. The van der Waals surface area contributed by atoms with Crippen LogP contribution in [-0.2, 0) is 16.2 Å². The molecule has 1 aliphatic heterocycles. The monoisotopic (exact) mass is 558 g/mol. The van der Waals surface area contributed by atoms with Crippen LogP contribution in [0.5, 0.6) is 5.75 Å². The minimum atomic E-state index is -0.821. The lowest BCUT2D eigenvalue weighted by Crippen LogP contribution is -2.54. The van der Waals surface area contributed by atoms with Crippen LogP contribution in [0.15, 0.2) is 88.9 Å². The summed E-state index contributed by atoms with van der Waals surface area (Å²) in [4.78, 5) is 40.0. The summed E-state index contributed by atoms with van der Waals surface area (Å²) in [5, 5.41) is 3.88. The first-order chi connectivity index (χ1) is 17.8. The molecule has 4 aromatic rings. The number of halogens is 2. The van der Waals surface area contributed by atoms with Gasteiger partial charge in [0.25, 0.3) is 11.8 Å². The number of aryl methyl sites for hydroxylation is 1. The second kappa shape index (κ2) is 9.99. The van der Waals surface area contributed by atoms with Crippen LogP contribution in [0, 0.1) is 12.7 Å². The van der Waals surface area contributed by atoms with Crippen molar-refractivity contribution >= 4 is 56.3 Å². The molecule has 1 saturated heterocycles. The van der Waals surface area contributed by atoms with Crippen molar-refractivity contribution in [2.24, 2.45) is 0 Å². The molecule has 1 fully saturated rings. The normalized spacial score (nSPS) is 14.8. The van der Waals surface area contributed by atoms with E-state index >= 15 is 0 Å². The average molecular weight is 559 g/mol. The molecule has 0 bridgehead atoms. The van der Waals surface area contributed by atoms with Crippen molar-refractivity contribution in [3.63, 3.8) is 0 Å². The Labute approximate surface area is 220 Å². The molecule has 4 amide bonds. The van der Waals surface area contributed by atoms with Crippen LogP contribution >= 0.6 is 15.9 Å². The molecular weight excluding hydrogens is 539 g/mol. The number of nitrogens with one attached hydrogen (secondary N) is 1. The van der Waals surface area contributed by atoms with Crippen LogP contribution in [0.2, 0.25) is 0 Å². The third-order valence-electron chi connectivity index (χ3n) is 6.00. The van der Waals surface area contributed by atoms with Crippen molar-refractivity contribution in [3.05, 3.63) is 111 Å². The average Bonchev–Trinajstić information content (AvgIpc) is 2.87. The van der Waals surface area contributed by atoms with Gasteiger partial charge in [0, 0.05) is 10.0 Å². The molecule has 1 N–H and O–H groups in total. The zero-order valence-electron chi connectivity index (χ0n) is 19.6. The smallest absolute Gasteiger partial charge is 0.335 e. The van der Waals surface area contributed by atoms with Crippen LogP contribution in [0.1, 0.15) is 16.7 Å². The molecule has 1 heterocycles. The third-order valence-corrected chi connectivity index (χ3v) is 6.50. The number of carbonyl (C=O) groups is 3. The van der Waals surface area contributed by atoms with Crippen LogP contribution in [0.3, 0.4) is 0 Å². The maximum Gasteiger partial charge on any atom is 0.335 e. The molecule has 0 atom stereocenters. The van der Waals surface area contributed by atoms with Crippen LogP contribution < -0.4 is 15.0 Å². The molecule has 5 rings (SSSR count). The summed E-state index contributed by atoms with van der Waals surface area (Å²) in [6.07, 6.45) is 1.44. The van der Waals surface area contributed by atoms with Crippen molar-refractivity contribution in [2.75, 3.05) is 4.90 Å². The zero-order valence-corrected chi connectivity index (χ0v) is 21.2. The first kappa shape index (κ1) is 24.4. The Morgan fingerprint density at radius 1 is 0.973 bits per heavy atom. The molecule has 0 saturated carbocycles. The maximum atomic E-state index is 13.7. The highest BCUT2D eigenvalue weighted by Crippen LogP contribution is 2.33. The number of barbiturate groups is 1. The summed E-state index contributed by atoms with van der Waals surface area (Å²) in [7, 11) is 0. The summed E-state index contributed by atoms with van der Waals surface area (Å²) in [5.74, 6) is -1.52. The molecule has 0 radical (unpaired) electrons. The highest BCUT2D eigenvalue weighted by Gasteiger charge is 2.37. The van der Waals surface area contributed by atoms with Gasteiger partial charge in [0.15, 0.2) is 0 Å². The molecule has 0 aromatic heterocycles. The Bertz CT molecular complexity index is 1620. The molecule has 37 heavy (non-hydrogen) atoms. The second-order valence-electron chi connectivity index (χ2n) is 8.51. The number of fused-ring (bicyclic) bond motifs is 1. The van der Waals surface area contributed by atoms with E-state index in [1.54, 1.807) is 43.3 Å². The highest BCUT2D eigenvalue weighted by atomic mass is 79.9. The summed E-state index contributed by atoms with van der Waals surface area (Å²) >= 11 is 3.38. The molecule has 0 unspecified atom stereocenters. The maximum absolute atomic E-state index is 13.7. The number of benzene rings is 4. The van der Waals surface area contributed by atoms with E-state index in [4.69, 9.17) is 4.74 Å². The van der Waals surface area contributed by atoms with Gasteiger partial charge in [-0.2, -0.15) is 0 Å². The van der Waals surface area contributed by atoms with Crippen molar-refractivity contribution in [1.29, 1.82) is 0 Å². The van der Waals surface area contributed by atoms with E-state index in [9.17, 15) is 18.8 Å². The number of carbonyl (C=O) groups excluding carboxylic acids is 3. The Kier molecular flexibility index (Phi) is 6.58. The van der Waals surface area contributed by atoms with E-state index < -0.39 is 17.8 Å². The second-order valence-corrected chi connectivity index (χ2v) is 9.42. The van der Waals surface area contributed by atoms with Gasteiger partial charge in [0.05, 0.1) is 5.69 Å². The summed E-state index contributed by atoms with van der Waals surface area (Å²) in [5.41, 5.74) is 1.95. The van der Waals surface area contributed by atoms with E-state index in [2.05, 4.69) is 21.2 Å². The van der Waals surface area contributed by atoms with E-state index in [0.29, 0.717) is 28.1 Å². The third kappa shape index (κ3) is 4.88. The van der Waals surface area contributed by atoms with E-state index in [-0.39, 0.29) is 18.0 Å². The molecule has 8 heteroatoms. The lowest BCUT2D eigenvalue weighted by molar-refractivity contribution is -0.122. The van der Waals surface area contributed by atoms with Crippen LogP contribution in [0.4, 0.5) is 14.9 Å². The molecule has 6 nitrogen and oxygen atoms in total. The van der Waals surface area contributed by atoms with Gasteiger partial charge in [-0.05, 0) is 71.3 Å². The number of hydrogen-bond donors (Lipinski definition) is 1. The van der Waals surface area contributed by atoms with Crippen LogP contribution in [-0.4, -0.2) is 17.8 Å². The summed E-state index contributed by atoms with van der Waals surface area (Å²) < 4.78 is 20.5. The standard InChI is InChI=1S/C29H20BrFN2O4/c1-17-13-20(30)10-11-25(17)33-28(35)24(27(34)32-29(33)36)15-23-22-8-3-2-6-19(22)9-12-26(23)37-16-18-5-4-7-21(31)14-18/h2-15H,16H2,1H3,(H,32,34,36)/b24-15-. The fourth-order valence-corrected chi connectivity index (χ4v) is 4.70. The lowest BCUT2D eigenvalue weighted by Gasteiger charge is -2.27. The Morgan fingerprint density at radius 2 is 1.78 bits per heavy atom. The van der Waals surface area contributed by atoms with Gasteiger partial charge in [-0.3, -0.25) is 14.9 Å². The number of rotatable bonds is 5. The minimum absolute atomic E-state index is 0.0785. The Hall–Kier alpha value is -4.30. The van der Waals surface area contributed by atoms with Gasteiger partial charge in [0.1, 0.15) is 23.7 Å². The van der Waals surface area contributed by atoms with Gasteiger partial charge in [0.2, 0.25) is 0 Å².